The maximum absolute atomic E-state index is 13.8. The Hall–Kier alpha value is -3.72. The Morgan fingerprint density at radius 1 is 0.950 bits per heavy atom. The predicted octanol–water partition coefficient (Wildman–Crippen LogP) is 2.29. The lowest BCUT2D eigenvalue weighted by atomic mass is 9.88. The fraction of sp³-hybridized carbons (Fsp3) is 0.484. The maximum Gasteiger partial charge on any atom is 0.251 e. The highest BCUT2D eigenvalue weighted by atomic mass is 16.5. The number of carbonyl (C=O) groups is 4. The molecule has 1 heterocycles. The molecule has 1 aliphatic rings. The number of nitrogens with one attached hydrogen (secondary N) is 4. The maximum atomic E-state index is 13.8. The van der Waals surface area contributed by atoms with Gasteiger partial charge in [-0.15, -0.1) is 0 Å². The van der Waals surface area contributed by atoms with Gasteiger partial charge in [-0.1, -0.05) is 60.7 Å². The van der Waals surface area contributed by atoms with Gasteiger partial charge in [0, 0.05) is 31.5 Å². The molecule has 1 saturated heterocycles. The Kier molecular flexibility index (Phi) is 11.3. The van der Waals surface area contributed by atoms with E-state index in [0.29, 0.717) is 13.0 Å². The zero-order valence-electron chi connectivity index (χ0n) is 23.9. The van der Waals surface area contributed by atoms with Crippen molar-refractivity contribution in [3.63, 3.8) is 0 Å². The fourth-order valence-electron chi connectivity index (χ4n) is 4.89. The van der Waals surface area contributed by atoms with Crippen LogP contribution in [-0.4, -0.2) is 61.0 Å². The fourth-order valence-corrected chi connectivity index (χ4v) is 4.89. The van der Waals surface area contributed by atoms with Crippen LogP contribution in [0.3, 0.4) is 0 Å². The molecule has 2 aromatic carbocycles. The minimum atomic E-state index is -1.03. The molecular formula is C31H42N4O5. The van der Waals surface area contributed by atoms with E-state index in [1.54, 1.807) is 0 Å². The van der Waals surface area contributed by atoms with Gasteiger partial charge in [0.1, 0.15) is 6.04 Å². The molecule has 216 valence electrons. The third-order valence-electron chi connectivity index (χ3n) is 6.78. The minimum absolute atomic E-state index is 0.103. The topological polar surface area (TPSA) is 126 Å². The van der Waals surface area contributed by atoms with E-state index in [1.807, 2.05) is 81.4 Å². The lowest BCUT2D eigenvalue weighted by molar-refractivity contribution is -0.138. The molecule has 0 bridgehead atoms. The number of methoxy groups -OCH3 is 1. The molecule has 0 aromatic heterocycles. The second-order valence-electron chi connectivity index (χ2n) is 11.3. The average Bonchev–Trinajstić information content (AvgIpc) is 2.90. The predicted molar refractivity (Wildman–Crippen MR) is 153 cm³/mol. The largest absolute Gasteiger partial charge is 0.369 e. The minimum Gasteiger partial charge on any atom is -0.369 e. The summed E-state index contributed by atoms with van der Waals surface area (Å²) >= 11 is 0. The number of benzene rings is 2. The number of hydrogen-bond donors (Lipinski definition) is 4. The first-order valence-corrected chi connectivity index (χ1v) is 13.9. The van der Waals surface area contributed by atoms with Crippen molar-refractivity contribution in [2.75, 3.05) is 13.7 Å². The van der Waals surface area contributed by atoms with Crippen molar-refractivity contribution < 1.29 is 23.9 Å². The van der Waals surface area contributed by atoms with Gasteiger partial charge < -0.3 is 26.0 Å². The van der Waals surface area contributed by atoms with Gasteiger partial charge in [0.15, 0.2) is 6.10 Å². The van der Waals surface area contributed by atoms with Gasteiger partial charge in [0.05, 0.1) is 12.5 Å². The number of rotatable bonds is 12. The zero-order valence-corrected chi connectivity index (χ0v) is 23.9. The van der Waals surface area contributed by atoms with E-state index < -0.39 is 29.6 Å². The van der Waals surface area contributed by atoms with Gasteiger partial charge in [0.2, 0.25) is 17.7 Å². The van der Waals surface area contributed by atoms with Crippen molar-refractivity contribution >= 4 is 23.6 Å². The van der Waals surface area contributed by atoms with Gasteiger partial charge in [-0.2, -0.15) is 0 Å². The van der Waals surface area contributed by atoms with Crippen molar-refractivity contribution in [3.8, 4) is 0 Å². The lowest BCUT2D eigenvalue weighted by Crippen LogP contribution is -2.59. The third-order valence-corrected chi connectivity index (χ3v) is 6.78. The summed E-state index contributed by atoms with van der Waals surface area (Å²) in [5.74, 6) is -1.60. The highest BCUT2D eigenvalue weighted by Crippen LogP contribution is 2.21. The van der Waals surface area contributed by atoms with Crippen LogP contribution in [0.2, 0.25) is 0 Å². The van der Waals surface area contributed by atoms with Crippen LogP contribution in [0.4, 0.5) is 0 Å². The summed E-state index contributed by atoms with van der Waals surface area (Å²) in [6.07, 6.45) is 1.04. The van der Waals surface area contributed by atoms with Crippen molar-refractivity contribution in [2.24, 2.45) is 5.92 Å². The summed E-state index contributed by atoms with van der Waals surface area (Å²) in [7, 11) is 1.41. The Morgan fingerprint density at radius 3 is 2.15 bits per heavy atom. The first-order chi connectivity index (χ1) is 19.1. The van der Waals surface area contributed by atoms with E-state index in [9.17, 15) is 19.2 Å². The van der Waals surface area contributed by atoms with Crippen molar-refractivity contribution in [1.82, 2.24) is 21.3 Å². The SMILES string of the molecule is COC(C(=O)NC(C)(C)C)[C@@H](C[C@H]1CCCNC1=O)NC(=O)[C@H](Cc1ccccc1)NC(=O)Cc1ccccc1. The molecule has 4 amide bonds. The summed E-state index contributed by atoms with van der Waals surface area (Å²) in [6, 6.07) is 17.0. The summed E-state index contributed by atoms with van der Waals surface area (Å²) in [5.41, 5.74) is 1.18. The van der Waals surface area contributed by atoms with E-state index in [-0.39, 0.29) is 42.9 Å². The molecule has 0 saturated carbocycles. The molecule has 9 heteroatoms. The number of hydrogen-bond acceptors (Lipinski definition) is 5. The van der Waals surface area contributed by atoms with Gasteiger partial charge in [0.25, 0.3) is 5.91 Å². The van der Waals surface area contributed by atoms with Crippen LogP contribution in [0.5, 0.6) is 0 Å². The normalized spacial score (nSPS) is 17.6. The molecular weight excluding hydrogens is 508 g/mol. The average molecular weight is 551 g/mol. The van der Waals surface area contributed by atoms with Crippen LogP contribution >= 0.6 is 0 Å². The second-order valence-corrected chi connectivity index (χ2v) is 11.3. The van der Waals surface area contributed by atoms with E-state index in [0.717, 1.165) is 17.5 Å². The number of amides is 4. The van der Waals surface area contributed by atoms with Crippen LogP contribution in [0.15, 0.2) is 60.7 Å². The Morgan fingerprint density at radius 2 is 1.57 bits per heavy atom. The molecule has 3 rings (SSSR count). The summed E-state index contributed by atoms with van der Waals surface area (Å²) in [5, 5.41) is 11.6. The van der Waals surface area contributed by atoms with Crippen molar-refractivity contribution in [2.45, 2.75) is 76.6 Å². The monoisotopic (exact) mass is 550 g/mol. The van der Waals surface area contributed by atoms with Crippen LogP contribution in [-0.2, 0) is 36.8 Å². The van der Waals surface area contributed by atoms with Gasteiger partial charge in [-0.3, -0.25) is 19.2 Å². The van der Waals surface area contributed by atoms with Gasteiger partial charge >= 0.3 is 0 Å². The Balaban J connectivity index is 1.84. The van der Waals surface area contributed by atoms with Crippen molar-refractivity contribution in [1.29, 1.82) is 0 Å². The van der Waals surface area contributed by atoms with Crippen LogP contribution in [0.25, 0.3) is 0 Å². The molecule has 0 radical (unpaired) electrons. The van der Waals surface area contributed by atoms with E-state index in [1.165, 1.54) is 7.11 Å². The second kappa shape index (κ2) is 14.6. The molecule has 1 fully saturated rings. The van der Waals surface area contributed by atoms with Crippen LogP contribution < -0.4 is 21.3 Å². The number of carbonyl (C=O) groups excluding carboxylic acids is 4. The Bertz CT molecular complexity index is 1130. The molecule has 4 N–H and O–H groups in total. The van der Waals surface area contributed by atoms with Crippen LogP contribution in [0, 0.1) is 5.92 Å². The van der Waals surface area contributed by atoms with Gasteiger partial charge in [-0.25, -0.2) is 0 Å². The first-order valence-electron chi connectivity index (χ1n) is 13.9. The standard InChI is InChI=1S/C31H42N4O5/c1-31(2,3)35-30(39)27(40-4)24(20-23-16-11-17-32-28(23)37)34-29(38)25(18-21-12-7-5-8-13-21)33-26(36)19-22-14-9-6-10-15-22/h5-10,12-15,23-25,27H,11,16-20H2,1-4H3,(H,32,37)(H,33,36)(H,34,38)(H,35,39)/t23-,24-,25+,27?/m1/s1. The molecule has 0 aliphatic carbocycles. The van der Waals surface area contributed by atoms with E-state index in [4.69, 9.17) is 4.74 Å². The first kappa shape index (κ1) is 30.8. The lowest BCUT2D eigenvalue weighted by Gasteiger charge is -2.33. The van der Waals surface area contributed by atoms with E-state index in [2.05, 4.69) is 21.3 Å². The summed E-state index contributed by atoms with van der Waals surface area (Å²) in [4.78, 5) is 52.6. The zero-order chi connectivity index (χ0) is 29.1. The summed E-state index contributed by atoms with van der Waals surface area (Å²) < 4.78 is 5.61. The molecule has 9 nitrogen and oxygen atoms in total. The van der Waals surface area contributed by atoms with E-state index >= 15 is 0 Å². The van der Waals surface area contributed by atoms with Crippen LogP contribution in [0.1, 0.15) is 51.2 Å². The molecule has 0 spiro atoms. The highest BCUT2D eigenvalue weighted by Gasteiger charge is 2.37. The molecule has 40 heavy (non-hydrogen) atoms. The number of ether oxygens (including phenoxy) is 1. The molecule has 1 unspecified atom stereocenters. The van der Waals surface area contributed by atoms with Gasteiger partial charge in [-0.05, 0) is 51.2 Å². The third kappa shape index (κ3) is 9.79. The highest BCUT2D eigenvalue weighted by molar-refractivity contribution is 5.90. The Labute approximate surface area is 236 Å². The quantitative estimate of drug-likeness (QED) is 0.323. The van der Waals surface area contributed by atoms with Crippen molar-refractivity contribution in [3.05, 3.63) is 71.8 Å². The summed E-state index contributed by atoms with van der Waals surface area (Å²) in [6.45, 7) is 6.19. The molecule has 2 aromatic rings. The number of piperidine rings is 1. The molecule has 4 atom stereocenters. The molecule has 1 aliphatic heterocycles. The smallest absolute Gasteiger partial charge is 0.251 e.